The molecular formula is C18H27BrO. The number of benzene rings is 1. The van der Waals surface area contributed by atoms with E-state index in [1.165, 1.54) is 12.0 Å². The van der Waals surface area contributed by atoms with Crippen molar-refractivity contribution in [3.63, 3.8) is 0 Å². The molecule has 0 saturated heterocycles. The van der Waals surface area contributed by atoms with Crippen LogP contribution in [0.25, 0.3) is 0 Å². The topological polar surface area (TPSA) is 20.2 Å². The molecule has 1 aromatic rings. The van der Waals surface area contributed by atoms with Crippen molar-refractivity contribution in [3.05, 3.63) is 34.3 Å². The molecule has 112 valence electrons. The van der Waals surface area contributed by atoms with Crippen LogP contribution >= 0.6 is 15.9 Å². The molecule has 1 N–H and O–H groups in total. The maximum Gasteiger partial charge on any atom is 0.0688 e. The summed E-state index contributed by atoms with van der Waals surface area (Å²) in [4.78, 5) is 0. The van der Waals surface area contributed by atoms with Crippen molar-refractivity contribution in [2.75, 3.05) is 0 Å². The number of hydrogen-bond acceptors (Lipinski definition) is 1. The Morgan fingerprint density at radius 2 is 1.85 bits per heavy atom. The van der Waals surface area contributed by atoms with Gasteiger partial charge >= 0.3 is 0 Å². The number of aliphatic hydroxyl groups is 1. The second-order valence-electron chi connectivity index (χ2n) is 7.11. The molecule has 0 unspecified atom stereocenters. The number of halogens is 1. The summed E-state index contributed by atoms with van der Waals surface area (Å²) in [5.41, 5.74) is 1.13. The minimum absolute atomic E-state index is 0.411. The van der Waals surface area contributed by atoms with Gasteiger partial charge < -0.3 is 5.11 Å². The average Bonchev–Trinajstić information content (AvgIpc) is 2.42. The molecule has 0 amide bonds. The number of hydrogen-bond donors (Lipinski definition) is 1. The molecule has 1 aliphatic rings. The first-order chi connectivity index (χ1) is 9.36. The van der Waals surface area contributed by atoms with Gasteiger partial charge in [0.1, 0.15) is 0 Å². The molecular weight excluding hydrogens is 312 g/mol. The minimum atomic E-state index is -0.510. The van der Waals surface area contributed by atoms with Gasteiger partial charge in [0, 0.05) is 10.9 Å². The molecule has 0 atom stereocenters. The van der Waals surface area contributed by atoms with Crippen LogP contribution in [-0.2, 0) is 6.42 Å². The Bertz CT molecular complexity index is 444. The highest BCUT2D eigenvalue weighted by Crippen LogP contribution is 2.44. The Morgan fingerprint density at radius 1 is 1.25 bits per heavy atom. The smallest absolute Gasteiger partial charge is 0.0688 e. The van der Waals surface area contributed by atoms with Crippen LogP contribution in [-0.4, -0.2) is 10.7 Å². The van der Waals surface area contributed by atoms with E-state index in [4.69, 9.17) is 0 Å². The van der Waals surface area contributed by atoms with Crippen molar-refractivity contribution >= 4 is 15.9 Å². The van der Waals surface area contributed by atoms with E-state index in [0.29, 0.717) is 5.41 Å². The lowest BCUT2D eigenvalue weighted by Gasteiger charge is -2.42. The van der Waals surface area contributed by atoms with Crippen LogP contribution < -0.4 is 0 Å². The molecule has 0 radical (unpaired) electrons. The van der Waals surface area contributed by atoms with Crippen molar-refractivity contribution in [3.8, 4) is 0 Å². The van der Waals surface area contributed by atoms with Crippen LogP contribution in [0.2, 0.25) is 0 Å². The third kappa shape index (κ3) is 3.65. The molecule has 1 aromatic carbocycles. The fraction of sp³-hybridized carbons (Fsp3) is 0.667. The van der Waals surface area contributed by atoms with Gasteiger partial charge in [0.2, 0.25) is 0 Å². The van der Waals surface area contributed by atoms with E-state index in [-0.39, 0.29) is 0 Å². The lowest BCUT2D eigenvalue weighted by atomic mass is 9.65. The van der Waals surface area contributed by atoms with Gasteiger partial charge in [-0.2, -0.15) is 0 Å². The van der Waals surface area contributed by atoms with E-state index in [1.807, 2.05) is 6.07 Å². The van der Waals surface area contributed by atoms with Crippen LogP contribution in [0.1, 0.15) is 58.4 Å². The minimum Gasteiger partial charge on any atom is -0.390 e. The van der Waals surface area contributed by atoms with Crippen LogP contribution in [0.3, 0.4) is 0 Å². The third-order valence-electron chi connectivity index (χ3n) is 5.41. The molecule has 1 nitrogen and oxygen atoms in total. The Kier molecular flexibility index (Phi) is 4.96. The van der Waals surface area contributed by atoms with Gasteiger partial charge in [-0.05, 0) is 48.6 Å². The Morgan fingerprint density at radius 3 is 2.40 bits per heavy atom. The average molecular weight is 339 g/mol. The molecule has 0 heterocycles. The van der Waals surface area contributed by atoms with Gasteiger partial charge in [-0.1, -0.05) is 61.3 Å². The fourth-order valence-corrected chi connectivity index (χ4v) is 3.82. The summed E-state index contributed by atoms with van der Waals surface area (Å²) < 4.78 is 1.12. The van der Waals surface area contributed by atoms with Gasteiger partial charge in [0.25, 0.3) is 0 Å². The standard InChI is InChI=1S/C18H27BrO/c1-4-17(2,3)15-9-11-18(20,12-10-15)13-14-7-5-6-8-16(14)19/h5-8,15,20H,4,9-13H2,1-3H3. The molecule has 20 heavy (non-hydrogen) atoms. The normalized spacial score (nSPS) is 27.6. The van der Waals surface area contributed by atoms with Crippen molar-refractivity contribution in [1.82, 2.24) is 0 Å². The molecule has 2 heteroatoms. The summed E-state index contributed by atoms with van der Waals surface area (Å²) in [7, 11) is 0. The summed E-state index contributed by atoms with van der Waals surface area (Å²) in [6, 6.07) is 8.25. The van der Waals surface area contributed by atoms with Crippen LogP contribution in [0, 0.1) is 11.3 Å². The maximum atomic E-state index is 10.9. The Labute approximate surface area is 131 Å². The van der Waals surface area contributed by atoms with Gasteiger partial charge in [0.05, 0.1) is 5.60 Å². The van der Waals surface area contributed by atoms with Crippen LogP contribution in [0.15, 0.2) is 28.7 Å². The Balaban J connectivity index is 2.00. The predicted molar refractivity (Wildman–Crippen MR) is 88.8 cm³/mol. The van der Waals surface area contributed by atoms with Crippen molar-refractivity contribution in [1.29, 1.82) is 0 Å². The zero-order valence-electron chi connectivity index (χ0n) is 13.0. The molecule has 0 bridgehead atoms. The zero-order chi connectivity index (χ0) is 14.8. The summed E-state index contributed by atoms with van der Waals surface area (Å²) in [5.74, 6) is 0.756. The first kappa shape index (κ1) is 16.0. The molecule has 1 aliphatic carbocycles. The lowest BCUT2D eigenvalue weighted by Crippen LogP contribution is -2.39. The zero-order valence-corrected chi connectivity index (χ0v) is 14.5. The molecule has 1 fully saturated rings. The van der Waals surface area contributed by atoms with Gasteiger partial charge in [0.15, 0.2) is 0 Å². The highest BCUT2D eigenvalue weighted by Gasteiger charge is 2.38. The highest BCUT2D eigenvalue weighted by molar-refractivity contribution is 9.10. The van der Waals surface area contributed by atoms with E-state index in [0.717, 1.165) is 42.5 Å². The first-order valence-electron chi connectivity index (χ1n) is 7.82. The van der Waals surface area contributed by atoms with Gasteiger partial charge in [-0.3, -0.25) is 0 Å². The van der Waals surface area contributed by atoms with E-state index in [2.05, 4.69) is 54.9 Å². The molecule has 2 rings (SSSR count). The Hall–Kier alpha value is -0.340. The number of rotatable bonds is 4. The predicted octanol–water partition coefficient (Wildman–Crippen LogP) is 5.35. The van der Waals surface area contributed by atoms with E-state index in [9.17, 15) is 5.11 Å². The third-order valence-corrected chi connectivity index (χ3v) is 6.18. The SMILES string of the molecule is CCC(C)(C)C1CCC(O)(Cc2ccccc2Br)CC1. The molecule has 0 aliphatic heterocycles. The fourth-order valence-electron chi connectivity index (χ4n) is 3.40. The highest BCUT2D eigenvalue weighted by atomic mass is 79.9. The quantitative estimate of drug-likeness (QED) is 0.784. The second kappa shape index (κ2) is 6.19. The first-order valence-corrected chi connectivity index (χ1v) is 8.61. The summed E-state index contributed by atoms with van der Waals surface area (Å²) in [6.45, 7) is 7.02. The van der Waals surface area contributed by atoms with E-state index >= 15 is 0 Å². The maximum absolute atomic E-state index is 10.9. The largest absolute Gasteiger partial charge is 0.390 e. The summed E-state index contributed by atoms with van der Waals surface area (Å²) >= 11 is 3.59. The molecule has 0 aromatic heterocycles. The van der Waals surface area contributed by atoms with Crippen molar-refractivity contribution in [2.45, 2.75) is 64.9 Å². The lowest BCUT2D eigenvalue weighted by molar-refractivity contribution is -0.0277. The summed E-state index contributed by atoms with van der Waals surface area (Å²) in [6.07, 6.45) is 6.17. The van der Waals surface area contributed by atoms with Gasteiger partial charge in [-0.15, -0.1) is 0 Å². The van der Waals surface area contributed by atoms with Gasteiger partial charge in [-0.25, -0.2) is 0 Å². The molecule has 0 spiro atoms. The van der Waals surface area contributed by atoms with Crippen molar-refractivity contribution < 1.29 is 5.11 Å². The second-order valence-corrected chi connectivity index (χ2v) is 7.96. The van der Waals surface area contributed by atoms with Crippen LogP contribution in [0.4, 0.5) is 0 Å². The van der Waals surface area contributed by atoms with E-state index in [1.54, 1.807) is 0 Å². The van der Waals surface area contributed by atoms with E-state index < -0.39 is 5.60 Å². The summed E-state index contributed by atoms with van der Waals surface area (Å²) in [5, 5.41) is 10.9. The van der Waals surface area contributed by atoms with Crippen LogP contribution in [0.5, 0.6) is 0 Å². The monoisotopic (exact) mass is 338 g/mol. The molecule has 1 saturated carbocycles. The van der Waals surface area contributed by atoms with Crippen molar-refractivity contribution in [2.24, 2.45) is 11.3 Å².